The van der Waals surface area contributed by atoms with Crippen molar-refractivity contribution in [3.8, 4) is 0 Å². The first-order chi connectivity index (χ1) is 9.54. The Labute approximate surface area is 121 Å². The first-order valence-corrected chi connectivity index (χ1v) is 7.38. The van der Waals surface area contributed by atoms with Crippen LogP contribution in [0.5, 0.6) is 0 Å². The number of nitrogens with zero attached hydrogens (tertiary/aromatic N) is 1. The summed E-state index contributed by atoms with van der Waals surface area (Å²) < 4.78 is 19.4. The number of likely N-dealkylation sites (N-methyl/N-ethyl adjacent to an activating group) is 1. The lowest BCUT2D eigenvalue weighted by atomic mass is 10.0. The minimum atomic E-state index is -0.135. The molecule has 0 aromatic heterocycles. The molecule has 2 unspecified atom stereocenters. The number of rotatable bonds is 5. The summed E-state index contributed by atoms with van der Waals surface area (Å²) >= 11 is 0. The van der Waals surface area contributed by atoms with E-state index in [1.807, 2.05) is 13.0 Å². The molecule has 1 aliphatic heterocycles. The minimum Gasteiger partial charge on any atom is -0.379 e. The lowest BCUT2D eigenvalue weighted by Crippen LogP contribution is -2.33. The van der Waals surface area contributed by atoms with E-state index >= 15 is 0 Å². The second kappa shape index (κ2) is 6.55. The van der Waals surface area contributed by atoms with Crippen LogP contribution in [0.1, 0.15) is 37.4 Å². The van der Waals surface area contributed by atoms with Crippen molar-refractivity contribution in [1.29, 1.82) is 0 Å². The molecule has 3 nitrogen and oxygen atoms in total. The Hall–Kier alpha value is -1.13. The van der Waals surface area contributed by atoms with Gasteiger partial charge in [0.15, 0.2) is 0 Å². The third-order valence-corrected chi connectivity index (χ3v) is 4.12. The van der Waals surface area contributed by atoms with Gasteiger partial charge in [0, 0.05) is 25.4 Å². The summed E-state index contributed by atoms with van der Waals surface area (Å²) in [7, 11) is 2.08. The molecule has 1 heterocycles. The standard InChI is InChI=1S/C16H25FN2O/c1-5-18-12(3)14-9-15(17)11(2)8-16(14)19(4)13-6-7-20-10-13/h8-9,12-13,18H,5-7,10H2,1-4H3. The summed E-state index contributed by atoms with van der Waals surface area (Å²) in [5, 5.41) is 3.37. The molecular formula is C16H25FN2O. The smallest absolute Gasteiger partial charge is 0.126 e. The third-order valence-electron chi connectivity index (χ3n) is 4.12. The highest BCUT2D eigenvalue weighted by Crippen LogP contribution is 2.31. The van der Waals surface area contributed by atoms with Crippen LogP contribution in [0.4, 0.5) is 10.1 Å². The van der Waals surface area contributed by atoms with Gasteiger partial charge in [0.2, 0.25) is 0 Å². The van der Waals surface area contributed by atoms with Gasteiger partial charge in [-0.25, -0.2) is 4.39 Å². The summed E-state index contributed by atoms with van der Waals surface area (Å²) in [5.41, 5.74) is 2.82. The average Bonchev–Trinajstić information content (AvgIpc) is 2.94. The van der Waals surface area contributed by atoms with Crippen molar-refractivity contribution in [2.45, 2.75) is 39.3 Å². The summed E-state index contributed by atoms with van der Waals surface area (Å²) in [4.78, 5) is 2.24. The predicted molar refractivity (Wildman–Crippen MR) is 80.9 cm³/mol. The van der Waals surface area contributed by atoms with Gasteiger partial charge >= 0.3 is 0 Å². The van der Waals surface area contributed by atoms with Crippen LogP contribution in [0.25, 0.3) is 0 Å². The highest BCUT2D eigenvalue weighted by atomic mass is 19.1. The fourth-order valence-electron chi connectivity index (χ4n) is 2.77. The van der Waals surface area contributed by atoms with E-state index in [1.54, 1.807) is 6.07 Å². The van der Waals surface area contributed by atoms with Gasteiger partial charge < -0.3 is 15.0 Å². The van der Waals surface area contributed by atoms with Crippen molar-refractivity contribution in [3.63, 3.8) is 0 Å². The fraction of sp³-hybridized carbons (Fsp3) is 0.625. The zero-order chi connectivity index (χ0) is 14.7. The molecule has 4 heteroatoms. The minimum absolute atomic E-state index is 0.134. The highest BCUT2D eigenvalue weighted by molar-refractivity contribution is 5.57. The average molecular weight is 280 g/mol. The Morgan fingerprint density at radius 2 is 2.25 bits per heavy atom. The first kappa shape index (κ1) is 15.3. The quantitative estimate of drug-likeness (QED) is 0.897. The maximum atomic E-state index is 13.9. The van der Waals surface area contributed by atoms with E-state index in [1.165, 1.54) is 0 Å². The Morgan fingerprint density at radius 1 is 1.50 bits per heavy atom. The van der Waals surface area contributed by atoms with Gasteiger partial charge in [-0.05, 0) is 50.1 Å². The molecule has 1 aromatic carbocycles. The molecule has 1 aliphatic rings. The molecule has 1 N–H and O–H groups in total. The van der Waals surface area contributed by atoms with Crippen molar-refractivity contribution < 1.29 is 9.13 Å². The van der Waals surface area contributed by atoms with E-state index in [0.717, 1.165) is 37.4 Å². The van der Waals surface area contributed by atoms with Gasteiger partial charge in [-0.1, -0.05) is 6.92 Å². The Bertz CT molecular complexity index is 458. The summed E-state index contributed by atoms with van der Waals surface area (Å²) in [6.07, 6.45) is 1.03. The zero-order valence-corrected chi connectivity index (χ0v) is 12.9. The van der Waals surface area contributed by atoms with Crippen molar-refractivity contribution in [3.05, 3.63) is 29.1 Å². The molecule has 112 valence electrons. The lowest BCUT2D eigenvalue weighted by molar-refractivity contribution is 0.193. The molecule has 1 aromatic rings. The second-order valence-corrected chi connectivity index (χ2v) is 5.57. The molecule has 0 radical (unpaired) electrons. The first-order valence-electron chi connectivity index (χ1n) is 7.38. The zero-order valence-electron chi connectivity index (χ0n) is 12.9. The number of hydrogen-bond acceptors (Lipinski definition) is 3. The fourth-order valence-corrected chi connectivity index (χ4v) is 2.77. The predicted octanol–water partition coefficient (Wildman–Crippen LogP) is 3.03. The molecule has 0 spiro atoms. The molecule has 0 saturated carbocycles. The van der Waals surface area contributed by atoms with Gasteiger partial charge in [-0.2, -0.15) is 0 Å². The van der Waals surface area contributed by atoms with Crippen LogP contribution >= 0.6 is 0 Å². The molecule has 0 aliphatic carbocycles. The number of anilines is 1. The Balaban J connectivity index is 2.35. The SMILES string of the molecule is CCNC(C)c1cc(F)c(C)cc1N(C)C1CCOC1. The second-order valence-electron chi connectivity index (χ2n) is 5.57. The van der Waals surface area contributed by atoms with Crippen LogP contribution in [-0.2, 0) is 4.74 Å². The molecule has 20 heavy (non-hydrogen) atoms. The maximum Gasteiger partial charge on any atom is 0.126 e. The Kier molecular flexibility index (Phi) is 5.00. The van der Waals surface area contributed by atoms with Gasteiger partial charge in [-0.15, -0.1) is 0 Å². The molecular weight excluding hydrogens is 255 g/mol. The topological polar surface area (TPSA) is 24.5 Å². The summed E-state index contributed by atoms with van der Waals surface area (Å²) in [6.45, 7) is 8.40. The van der Waals surface area contributed by atoms with E-state index < -0.39 is 0 Å². The summed E-state index contributed by atoms with van der Waals surface area (Å²) in [5.74, 6) is -0.135. The van der Waals surface area contributed by atoms with Crippen molar-refractivity contribution in [2.75, 3.05) is 31.7 Å². The van der Waals surface area contributed by atoms with Crippen LogP contribution < -0.4 is 10.2 Å². The van der Waals surface area contributed by atoms with Gasteiger partial charge in [0.1, 0.15) is 5.82 Å². The number of ether oxygens (including phenoxy) is 1. The largest absolute Gasteiger partial charge is 0.379 e. The Morgan fingerprint density at radius 3 is 2.85 bits per heavy atom. The number of halogens is 1. The molecule has 1 fully saturated rings. The van der Waals surface area contributed by atoms with Crippen molar-refractivity contribution in [1.82, 2.24) is 5.32 Å². The van der Waals surface area contributed by atoms with Gasteiger partial charge in [-0.3, -0.25) is 0 Å². The molecule has 0 bridgehead atoms. The number of nitrogens with one attached hydrogen (secondary N) is 1. The van der Waals surface area contributed by atoms with Crippen LogP contribution in [-0.4, -0.2) is 32.8 Å². The number of aryl methyl sites for hydroxylation is 1. The van der Waals surface area contributed by atoms with Crippen LogP contribution in [0.2, 0.25) is 0 Å². The third kappa shape index (κ3) is 3.13. The maximum absolute atomic E-state index is 13.9. The monoisotopic (exact) mass is 280 g/mol. The molecule has 0 amide bonds. The van der Waals surface area contributed by atoms with Gasteiger partial charge in [0.05, 0.1) is 12.6 Å². The van der Waals surface area contributed by atoms with Crippen molar-refractivity contribution >= 4 is 5.69 Å². The van der Waals surface area contributed by atoms with E-state index in [-0.39, 0.29) is 11.9 Å². The van der Waals surface area contributed by atoms with Crippen LogP contribution in [0, 0.1) is 12.7 Å². The number of hydrogen-bond donors (Lipinski definition) is 1. The molecule has 2 rings (SSSR count). The summed E-state index contributed by atoms with van der Waals surface area (Å²) in [6, 6.07) is 4.14. The van der Waals surface area contributed by atoms with E-state index in [2.05, 4.69) is 31.1 Å². The van der Waals surface area contributed by atoms with E-state index in [9.17, 15) is 4.39 Å². The van der Waals surface area contributed by atoms with E-state index in [4.69, 9.17) is 4.74 Å². The van der Waals surface area contributed by atoms with Crippen LogP contribution in [0.3, 0.4) is 0 Å². The normalized spacial score (nSPS) is 20.1. The molecule has 1 saturated heterocycles. The molecule has 2 atom stereocenters. The van der Waals surface area contributed by atoms with Crippen LogP contribution in [0.15, 0.2) is 12.1 Å². The van der Waals surface area contributed by atoms with Gasteiger partial charge in [0.25, 0.3) is 0 Å². The lowest BCUT2D eigenvalue weighted by Gasteiger charge is -2.30. The van der Waals surface area contributed by atoms with Crippen molar-refractivity contribution in [2.24, 2.45) is 0 Å². The highest BCUT2D eigenvalue weighted by Gasteiger charge is 2.24. The van der Waals surface area contributed by atoms with E-state index in [0.29, 0.717) is 11.6 Å². The number of benzene rings is 1.